The minimum absolute atomic E-state index is 0.597. The molecular weight excluding hydrogens is 140 g/mol. The fourth-order valence-electron chi connectivity index (χ4n) is 1.01. The van der Waals surface area contributed by atoms with Crippen LogP contribution < -0.4 is 0 Å². The van der Waals surface area contributed by atoms with E-state index in [1.165, 1.54) is 0 Å². The molecule has 0 radical (unpaired) electrons. The van der Waals surface area contributed by atoms with Crippen molar-refractivity contribution in [2.24, 2.45) is 0 Å². The number of nitrogens with one attached hydrogen (secondary N) is 1. The molecule has 2 aromatic rings. The second-order valence-electron chi connectivity index (χ2n) is 2.30. The maximum atomic E-state index is 10.3. The van der Waals surface area contributed by atoms with Crippen LogP contribution in [0.3, 0.4) is 0 Å². The molecule has 0 aliphatic heterocycles. The number of nitrogens with zero attached hydrogens (tertiary/aromatic N) is 1. The number of hydrogen-bond acceptors (Lipinski definition) is 2. The van der Waals surface area contributed by atoms with E-state index in [0.29, 0.717) is 5.56 Å². The molecule has 11 heavy (non-hydrogen) atoms. The van der Waals surface area contributed by atoms with Crippen molar-refractivity contribution in [2.45, 2.75) is 0 Å². The fraction of sp³-hybridized carbons (Fsp3) is 0. The predicted octanol–water partition coefficient (Wildman–Crippen LogP) is 1.38. The molecule has 0 saturated carbocycles. The number of rotatable bonds is 1. The van der Waals surface area contributed by atoms with Gasteiger partial charge < -0.3 is 4.98 Å². The Morgan fingerprint density at radius 3 is 3.27 bits per heavy atom. The largest absolute Gasteiger partial charge is 0.360 e. The second-order valence-corrected chi connectivity index (χ2v) is 2.30. The smallest absolute Gasteiger partial charge is 0.151 e. The third-order valence-corrected chi connectivity index (χ3v) is 1.56. The number of carbonyl (C=O) groups is 1. The summed E-state index contributed by atoms with van der Waals surface area (Å²) in [6.45, 7) is 0. The van der Waals surface area contributed by atoms with Crippen molar-refractivity contribution in [3.05, 3.63) is 30.1 Å². The number of aldehydes is 1. The van der Waals surface area contributed by atoms with Crippen molar-refractivity contribution in [3.63, 3.8) is 0 Å². The number of aromatic nitrogens is 2. The SMILES string of the molecule is O=Cc1cnc2cc[nH]c2c1. The molecule has 0 atom stereocenters. The summed E-state index contributed by atoms with van der Waals surface area (Å²) in [5, 5.41) is 0. The van der Waals surface area contributed by atoms with Crippen LogP contribution in [0.5, 0.6) is 0 Å². The molecule has 0 bridgehead atoms. The van der Waals surface area contributed by atoms with Crippen LogP contribution in [0.1, 0.15) is 10.4 Å². The molecule has 0 saturated heterocycles. The lowest BCUT2D eigenvalue weighted by Gasteiger charge is -1.89. The molecule has 0 amide bonds. The Balaban J connectivity index is 2.76. The summed E-state index contributed by atoms with van der Waals surface area (Å²) < 4.78 is 0. The Morgan fingerprint density at radius 2 is 2.45 bits per heavy atom. The molecule has 1 N–H and O–H groups in total. The standard InChI is InChI=1S/C8H6N2O/c11-5-6-3-8-7(10-4-6)1-2-9-8/h1-5,9H. The van der Waals surface area contributed by atoms with Crippen LogP contribution in [-0.4, -0.2) is 16.3 Å². The average molecular weight is 146 g/mol. The molecule has 2 rings (SSSR count). The fourth-order valence-corrected chi connectivity index (χ4v) is 1.01. The van der Waals surface area contributed by atoms with Crippen molar-refractivity contribution < 1.29 is 4.79 Å². The van der Waals surface area contributed by atoms with E-state index in [1.807, 2.05) is 6.07 Å². The van der Waals surface area contributed by atoms with Gasteiger partial charge in [-0.3, -0.25) is 9.78 Å². The Kier molecular flexibility index (Phi) is 1.22. The van der Waals surface area contributed by atoms with Crippen molar-refractivity contribution in [3.8, 4) is 0 Å². The van der Waals surface area contributed by atoms with E-state index < -0.39 is 0 Å². The Labute approximate surface area is 63.1 Å². The van der Waals surface area contributed by atoms with Crippen molar-refractivity contribution in [1.29, 1.82) is 0 Å². The van der Waals surface area contributed by atoms with Crippen LogP contribution in [0.2, 0.25) is 0 Å². The van der Waals surface area contributed by atoms with E-state index >= 15 is 0 Å². The first kappa shape index (κ1) is 6.09. The molecule has 0 fully saturated rings. The van der Waals surface area contributed by atoms with Gasteiger partial charge in [0.1, 0.15) is 0 Å². The molecule has 0 aromatic carbocycles. The number of hydrogen-bond donors (Lipinski definition) is 1. The van der Waals surface area contributed by atoms with Gasteiger partial charge in [-0.25, -0.2) is 0 Å². The van der Waals surface area contributed by atoms with Crippen LogP contribution in [0.4, 0.5) is 0 Å². The van der Waals surface area contributed by atoms with E-state index in [-0.39, 0.29) is 0 Å². The maximum Gasteiger partial charge on any atom is 0.151 e. The number of fused-ring (bicyclic) bond motifs is 1. The Hall–Kier alpha value is -1.64. The summed E-state index contributed by atoms with van der Waals surface area (Å²) in [6.07, 6.45) is 4.14. The lowest BCUT2D eigenvalue weighted by Crippen LogP contribution is -1.81. The number of pyridine rings is 1. The minimum Gasteiger partial charge on any atom is -0.360 e. The molecule has 0 aliphatic carbocycles. The minimum atomic E-state index is 0.597. The van der Waals surface area contributed by atoms with Crippen LogP contribution in [0, 0.1) is 0 Å². The molecule has 0 aliphatic rings. The second kappa shape index (κ2) is 2.20. The lowest BCUT2D eigenvalue weighted by molar-refractivity contribution is 0.112. The molecule has 54 valence electrons. The molecule has 3 nitrogen and oxygen atoms in total. The quantitative estimate of drug-likeness (QED) is 0.617. The first-order valence-corrected chi connectivity index (χ1v) is 3.28. The zero-order chi connectivity index (χ0) is 7.68. The third kappa shape index (κ3) is 0.902. The van der Waals surface area contributed by atoms with Gasteiger partial charge in [0.2, 0.25) is 0 Å². The summed E-state index contributed by atoms with van der Waals surface area (Å²) >= 11 is 0. The molecule has 3 heteroatoms. The number of H-pyrrole nitrogens is 1. The summed E-state index contributed by atoms with van der Waals surface area (Å²) in [4.78, 5) is 17.3. The van der Waals surface area contributed by atoms with Gasteiger partial charge in [0.15, 0.2) is 6.29 Å². The van der Waals surface area contributed by atoms with E-state index in [2.05, 4.69) is 9.97 Å². The van der Waals surface area contributed by atoms with Crippen molar-refractivity contribution >= 4 is 17.3 Å². The molecule has 0 spiro atoms. The summed E-state index contributed by atoms with van der Waals surface area (Å²) in [7, 11) is 0. The monoisotopic (exact) mass is 146 g/mol. The van der Waals surface area contributed by atoms with Crippen molar-refractivity contribution in [2.75, 3.05) is 0 Å². The normalized spacial score (nSPS) is 10.2. The Morgan fingerprint density at radius 1 is 1.55 bits per heavy atom. The van der Waals surface area contributed by atoms with Gasteiger partial charge in [0, 0.05) is 18.0 Å². The van der Waals surface area contributed by atoms with Gasteiger partial charge in [-0.15, -0.1) is 0 Å². The van der Waals surface area contributed by atoms with Crippen molar-refractivity contribution in [1.82, 2.24) is 9.97 Å². The van der Waals surface area contributed by atoms with Gasteiger partial charge in [-0.05, 0) is 12.1 Å². The van der Waals surface area contributed by atoms with Gasteiger partial charge >= 0.3 is 0 Å². The van der Waals surface area contributed by atoms with Crippen LogP contribution in [-0.2, 0) is 0 Å². The lowest BCUT2D eigenvalue weighted by atomic mass is 10.3. The van der Waals surface area contributed by atoms with E-state index in [1.54, 1.807) is 18.5 Å². The first-order chi connectivity index (χ1) is 5.40. The van der Waals surface area contributed by atoms with Gasteiger partial charge in [0.05, 0.1) is 11.0 Å². The van der Waals surface area contributed by atoms with Crippen LogP contribution >= 0.6 is 0 Å². The molecule has 0 unspecified atom stereocenters. The van der Waals surface area contributed by atoms with E-state index in [4.69, 9.17) is 0 Å². The highest BCUT2D eigenvalue weighted by Gasteiger charge is 1.95. The topological polar surface area (TPSA) is 45.8 Å². The van der Waals surface area contributed by atoms with E-state index in [9.17, 15) is 4.79 Å². The van der Waals surface area contributed by atoms with Crippen LogP contribution in [0.25, 0.3) is 11.0 Å². The van der Waals surface area contributed by atoms with Crippen LogP contribution in [0.15, 0.2) is 24.5 Å². The Bertz CT molecular complexity index is 392. The molecule has 2 aromatic heterocycles. The highest BCUT2D eigenvalue weighted by atomic mass is 16.1. The van der Waals surface area contributed by atoms with Gasteiger partial charge in [-0.1, -0.05) is 0 Å². The van der Waals surface area contributed by atoms with Gasteiger partial charge in [0.25, 0.3) is 0 Å². The third-order valence-electron chi connectivity index (χ3n) is 1.56. The highest BCUT2D eigenvalue weighted by Crippen LogP contribution is 2.08. The predicted molar refractivity (Wildman–Crippen MR) is 41.5 cm³/mol. The maximum absolute atomic E-state index is 10.3. The summed E-state index contributed by atoms with van der Waals surface area (Å²) in [5.74, 6) is 0. The average Bonchev–Trinajstić information content (AvgIpc) is 2.50. The zero-order valence-electron chi connectivity index (χ0n) is 5.74. The van der Waals surface area contributed by atoms with Gasteiger partial charge in [-0.2, -0.15) is 0 Å². The van der Waals surface area contributed by atoms with E-state index in [0.717, 1.165) is 17.3 Å². The zero-order valence-corrected chi connectivity index (χ0v) is 5.74. The number of aromatic amines is 1. The molecule has 2 heterocycles. The highest BCUT2D eigenvalue weighted by molar-refractivity contribution is 5.83. The summed E-state index contributed by atoms with van der Waals surface area (Å²) in [5.41, 5.74) is 2.38. The summed E-state index contributed by atoms with van der Waals surface area (Å²) in [6, 6.07) is 3.64. The molecular formula is C8H6N2O. The first-order valence-electron chi connectivity index (χ1n) is 3.28. The number of carbonyl (C=O) groups excluding carboxylic acids is 1.